The van der Waals surface area contributed by atoms with E-state index >= 15 is 0 Å². The number of quaternary nitrogens is 1. The molecule has 0 heterocycles. The molecular weight excluding hydrogens is 345 g/mol. The number of nitrogens with one attached hydrogen (secondary N) is 1. The Morgan fingerprint density at radius 3 is 1.54 bits per heavy atom. The van der Waals surface area contributed by atoms with E-state index in [9.17, 15) is 9.46 Å². The van der Waals surface area contributed by atoms with E-state index < -0.39 is 7.60 Å². The van der Waals surface area contributed by atoms with Crippen LogP contribution in [0.15, 0.2) is 0 Å². The fourth-order valence-electron chi connectivity index (χ4n) is 3.42. The molecule has 0 aliphatic rings. The van der Waals surface area contributed by atoms with Gasteiger partial charge in [0.2, 0.25) is 0 Å². The Morgan fingerprint density at radius 1 is 0.731 bits per heavy atom. The second-order valence-electron chi connectivity index (χ2n) is 7.95. The summed E-state index contributed by atoms with van der Waals surface area (Å²) in [6.45, 7) is 4.40. The standard InChI is InChI=1S/C21H46NO3P/c1-4-5-6-7-8-9-10-11-12-13-14-15-16-17-19-22(2)20-18-21-26(23,24)25-3/h4-21H2,1-3H3,(H,23,24)/p+1. The van der Waals surface area contributed by atoms with Crippen molar-refractivity contribution in [2.75, 3.05) is 33.4 Å². The topological polar surface area (TPSA) is 51.0 Å². The number of hydrogen-bond acceptors (Lipinski definition) is 2. The molecule has 0 aromatic heterocycles. The summed E-state index contributed by atoms with van der Waals surface area (Å²) in [6, 6.07) is 0. The maximum atomic E-state index is 11.4. The van der Waals surface area contributed by atoms with E-state index in [1.807, 2.05) is 0 Å². The Kier molecular flexibility index (Phi) is 18.6. The van der Waals surface area contributed by atoms with E-state index in [0.29, 0.717) is 0 Å². The van der Waals surface area contributed by atoms with Crippen LogP contribution in [0.5, 0.6) is 0 Å². The summed E-state index contributed by atoms with van der Waals surface area (Å²) >= 11 is 0. The predicted octanol–water partition coefficient (Wildman–Crippen LogP) is 5.20. The first-order valence-corrected chi connectivity index (χ1v) is 13.0. The van der Waals surface area contributed by atoms with Gasteiger partial charge in [0, 0.05) is 13.5 Å². The molecule has 0 amide bonds. The van der Waals surface area contributed by atoms with Gasteiger partial charge in [-0.05, 0) is 12.8 Å². The van der Waals surface area contributed by atoms with Crippen LogP contribution in [0, 0.1) is 0 Å². The zero-order valence-electron chi connectivity index (χ0n) is 17.9. The van der Waals surface area contributed by atoms with Crippen molar-refractivity contribution in [1.29, 1.82) is 0 Å². The third kappa shape index (κ3) is 18.9. The average molecular weight is 393 g/mol. The lowest BCUT2D eigenvalue weighted by Gasteiger charge is -2.15. The van der Waals surface area contributed by atoms with Gasteiger partial charge < -0.3 is 14.3 Å². The Morgan fingerprint density at radius 2 is 1.12 bits per heavy atom. The lowest BCUT2D eigenvalue weighted by atomic mass is 10.0. The highest BCUT2D eigenvalue weighted by molar-refractivity contribution is 7.52. The SMILES string of the molecule is CCCCCCCCCCCCCCCC[NH+](C)CCCP(=O)(O)OC. The number of hydrogen-bond donors (Lipinski definition) is 2. The minimum atomic E-state index is -3.30. The molecule has 5 heteroatoms. The molecule has 0 saturated heterocycles. The van der Waals surface area contributed by atoms with Crippen molar-refractivity contribution < 1.29 is 18.9 Å². The minimum absolute atomic E-state index is 0.277. The first kappa shape index (κ1) is 26.1. The monoisotopic (exact) mass is 392 g/mol. The zero-order chi connectivity index (χ0) is 19.5. The molecule has 2 atom stereocenters. The molecule has 0 fully saturated rings. The average Bonchev–Trinajstić information content (AvgIpc) is 2.62. The second-order valence-corrected chi connectivity index (χ2v) is 10.0. The molecule has 0 rings (SSSR count). The first-order valence-electron chi connectivity index (χ1n) is 11.2. The van der Waals surface area contributed by atoms with Gasteiger partial charge in [-0.15, -0.1) is 0 Å². The van der Waals surface area contributed by atoms with Crippen molar-refractivity contribution >= 4 is 7.60 Å². The molecule has 0 aromatic rings. The minimum Gasteiger partial charge on any atom is -0.337 e. The van der Waals surface area contributed by atoms with Gasteiger partial charge in [-0.25, -0.2) is 0 Å². The first-order chi connectivity index (χ1) is 12.5. The van der Waals surface area contributed by atoms with Gasteiger partial charge in [0.25, 0.3) is 0 Å². The van der Waals surface area contributed by atoms with Crippen molar-refractivity contribution in [3.8, 4) is 0 Å². The van der Waals surface area contributed by atoms with Gasteiger partial charge in [0.15, 0.2) is 0 Å². The fraction of sp³-hybridized carbons (Fsp3) is 1.00. The third-order valence-corrected chi connectivity index (χ3v) is 6.74. The van der Waals surface area contributed by atoms with Gasteiger partial charge in [0.05, 0.1) is 26.3 Å². The summed E-state index contributed by atoms with van der Waals surface area (Å²) in [5, 5.41) is 0. The Labute approximate surface area is 163 Å². The van der Waals surface area contributed by atoms with Crippen LogP contribution in [0.4, 0.5) is 0 Å². The second kappa shape index (κ2) is 18.5. The molecule has 0 aromatic carbocycles. The lowest BCUT2D eigenvalue weighted by Crippen LogP contribution is -3.09. The molecule has 0 radical (unpaired) electrons. The van der Waals surface area contributed by atoms with Crippen LogP contribution in [0.25, 0.3) is 0 Å². The Hall–Kier alpha value is 0.110. The van der Waals surface area contributed by atoms with E-state index in [-0.39, 0.29) is 6.16 Å². The summed E-state index contributed by atoms with van der Waals surface area (Å²) in [7, 11) is 0.185. The third-order valence-electron chi connectivity index (χ3n) is 5.29. The van der Waals surface area contributed by atoms with Crippen LogP contribution in [-0.2, 0) is 9.09 Å². The molecule has 158 valence electrons. The van der Waals surface area contributed by atoms with Crippen molar-refractivity contribution in [2.24, 2.45) is 0 Å². The quantitative estimate of drug-likeness (QED) is 0.221. The molecule has 0 saturated carbocycles. The molecule has 26 heavy (non-hydrogen) atoms. The highest BCUT2D eigenvalue weighted by atomic mass is 31.2. The molecule has 0 aliphatic heterocycles. The van der Waals surface area contributed by atoms with Gasteiger partial charge >= 0.3 is 7.60 Å². The van der Waals surface area contributed by atoms with E-state index in [4.69, 9.17) is 0 Å². The van der Waals surface area contributed by atoms with Crippen LogP contribution in [0.2, 0.25) is 0 Å². The summed E-state index contributed by atoms with van der Waals surface area (Å²) in [4.78, 5) is 10.8. The van der Waals surface area contributed by atoms with Gasteiger partial charge in [-0.2, -0.15) is 0 Å². The van der Waals surface area contributed by atoms with E-state index in [2.05, 4.69) is 18.5 Å². The van der Waals surface area contributed by atoms with E-state index in [1.54, 1.807) is 0 Å². The van der Waals surface area contributed by atoms with Crippen molar-refractivity contribution in [3.05, 3.63) is 0 Å². The highest BCUT2D eigenvalue weighted by Gasteiger charge is 2.17. The maximum absolute atomic E-state index is 11.4. The van der Waals surface area contributed by atoms with Crippen LogP contribution < -0.4 is 4.90 Å². The molecule has 4 nitrogen and oxygen atoms in total. The van der Waals surface area contributed by atoms with Crippen LogP contribution >= 0.6 is 7.60 Å². The summed E-state index contributed by atoms with van der Waals surface area (Å²) in [6.07, 6.45) is 20.6. The molecule has 2 unspecified atom stereocenters. The zero-order valence-corrected chi connectivity index (χ0v) is 18.8. The number of rotatable bonds is 20. The number of unbranched alkanes of at least 4 members (excludes halogenated alkanes) is 13. The molecular formula is C21H47NO3P+. The largest absolute Gasteiger partial charge is 0.337 e. The van der Waals surface area contributed by atoms with Gasteiger partial charge in [0.1, 0.15) is 0 Å². The van der Waals surface area contributed by atoms with Crippen LogP contribution in [-0.4, -0.2) is 38.3 Å². The smallest absolute Gasteiger partial charge is 0.328 e. The van der Waals surface area contributed by atoms with Gasteiger partial charge in [-0.3, -0.25) is 4.57 Å². The Bertz CT molecular complexity index is 339. The lowest BCUT2D eigenvalue weighted by molar-refractivity contribution is -0.879. The van der Waals surface area contributed by atoms with Gasteiger partial charge in [-0.1, -0.05) is 84.0 Å². The van der Waals surface area contributed by atoms with E-state index in [0.717, 1.165) is 13.0 Å². The van der Waals surface area contributed by atoms with Crippen molar-refractivity contribution in [2.45, 2.75) is 103 Å². The van der Waals surface area contributed by atoms with Crippen molar-refractivity contribution in [3.63, 3.8) is 0 Å². The molecule has 0 spiro atoms. The molecule has 0 bridgehead atoms. The van der Waals surface area contributed by atoms with Crippen LogP contribution in [0.3, 0.4) is 0 Å². The van der Waals surface area contributed by atoms with E-state index in [1.165, 1.54) is 108 Å². The highest BCUT2D eigenvalue weighted by Crippen LogP contribution is 2.40. The molecule has 0 aliphatic carbocycles. The van der Waals surface area contributed by atoms with Crippen LogP contribution in [0.1, 0.15) is 103 Å². The predicted molar refractivity (Wildman–Crippen MR) is 113 cm³/mol. The molecule has 2 N–H and O–H groups in total. The van der Waals surface area contributed by atoms with Crippen molar-refractivity contribution in [1.82, 2.24) is 0 Å². The fourth-order valence-corrected chi connectivity index (χ4v) is 4.16. The normalized spacial score (nSPS) is 15.1. The summed E-state index contributed by atoms with van der Waals surface area (Å²) in [5.41, 5.74) is 0. The maximum Gasteiger partial charge on any atom is 0.328 e. The summed E-state index contributed by atoms with van der Waals surface area (Å²) in [5.74, 6) is 0. The Balaban J connectivity index is 3.22. The summed E-state index contributed by atoms with van der Waals surface area (Å²) < 4.78 is 16.0.